The maximum absolute atomic E-state index is 11.7. The highest BCUT2D eigenvalue weighted by Gasteiger charge is 2.10. The lowest BCUT2D eigenvalue weighted by Crippen LogP contribution is -2.35. The Balaban J connectivity index is 2.48. The number of hydrogen-bond acceptors (Lipinski definition) is 4. The highest BCUT2D eigenvalue weighted by atomic mass is 32.1. The van der Waals surface area contributed by atoms with Crippen molar-refractivity contribution in [3.05, 3.63) is 10.6 Å². The van der Waals surface area contributed by atoms with Crippen molar-refractivity contribution in [1.82, 2.24) is 9.88 Å². The molecule has 0 aromatic carbocycles. The quantitative estimate of drug-likeness (QED) is 0.858. The van der Waals surface area contributed by atoms with Crippen LogP contribution in [0.1, 0.15) is 24.4 Å². The van der Waals surface area contributed by atoms with Gasteiger partial charge in [0, 0.05) is 18.0 Å². The normalized spacial score (nSPS) is 10.2. The van der Waals surface area contributed by atoms with Crippen LogP contribution in [0.15, 0.2) is 0 Å². The van der Waals surface area contributed by atoms with Gasteiger partial charge in [-0.25, -0.2) is 4.98 Å². The maximum atomic E-state index is 11.7. The van der Waals surface area contributed by atoms with Crippen LogP contribution in [-0.4, -0.2) is 35.4 Å². The Bertz CT molecular complexity index is 339. The molecule has 0 saturated heterocycles. The van der Waals surface area contributed by atoms with Gasteiger partial charge < -0.3 is 10.2 Å². The standard InChI is InChI=1S/C11H19N3OS/c1-5-14(6-2)10(15)7-12-11-13-8(3)9(4)16-11/h5-7H2,1-4H3,(H,12,13). The van der Waals surface area contributed by atoms with Crippen LogP contribution >= 0.6 is 11.3 Å². The minimum atomic E-state index is 0.121. The van der Waals surface area contributed by atoms with Gasteiger partial charge in [-0.2, -0.15) is 0 Å². The zero-order valence-electron chi connectivity index (χ0n) is 10.3. The largest absolute Gasteiger partial charge is 0.352 e. The van der Waals surface area contributed by atoms with Crippen LogP contribution in [0.25, 0.3) is 0 Å². The molecule has 0 unspecified atom stereocenters. The number of hydrogen-bond donors (Lipinski definition) is 1. The predicted octanol–water partition coefficient (Wildman–Crippen LogP) is 2.04. The fourth-order valence-corrected chi connectivity index (χ4v) is 2.20. The number of carbonyl (C=O) groups excluding carboxylic acids is 1. The summed E-state index contributed by atoms with van der Waals surface area (Å²) in [5.74, 6) is 0.121. The second kappa shape index (κ2) is 5.84. The van der Waals surface area contributed by atoms with Gasteiger partial charge in [0.15, 0.2) is 5.13 Å². The first kappa shape index (κ1) is 13.0. The molecule has 1 aromatic rings. The van der Waals surface area contributed by atoms with Gasteiger partial charge in [0.25, 0.3) is 0 Å². The Labute approximate surface area is 101 Å². The third-order valence-corrected chi connectivity index (χ3v) is 3.57. The molecule has 0 aliphatic heterocycles. The summed E-state index contributed by atoms with van der Waals surface area (Å²) in [6.45, 7) is 9.82. The minimum Gasteiger partial charge on any atom is -0.352 e. The van der Waals surface area contributed by atoms with Crippen molar-refractivity contribution < 1.29 is 4.79 Å². The summed E-state index contributed by atoms with van der Waals surface area (Å²) in [5.41, 5.74) is 1.03. The molecular weight excluding hydrogens is 222 g/mol. The van der Waals surface area contributed by atoms with Crippen LogP contribution in [0.2, 0.25) is 0 Å². The summed E-state index contributed by atoms with van der Waals surface area (Å²) < 4.78 is 0. The van der Waals surface area contributed by atoms with E-state index in [1.54, 1.807) is 16.2 Å². The van der Waals surface area contributed by atoms with Crippen LogP contribution in [0.4, 0.5) is 5.13 Å². The Morgan fingerprint density at radius 3 is 2.44 bits per heavy atom. The molecule has 1 N–H and O–H groups in total. The summed E-state index contributed by atoms with van der Waals surface area (Å²) in [6.07, 6.45) is 0. The number of thiazole rings is 1. The van der Waals surface area contributed by atoms with E-state index in [-0.39, 0.29) is 5.91 Å². The van der Waals surface area contributed by atoms with Crippen LogP contribution in [0, 0.1) is 13.8 Å². The first-order valence-electron chi connectivity index (χ1n) is 5.54. The van der Waals surface area contributed by atoms with Gasteiger partial charge >= 0.3 is 0 Å². The van der Waals surface area contributed by atoms with Gasteiger partial charge in [-0.1, -0.05) is 0 Å². The average molecular weight is 241 g/mol. The van der Waals surface area contributed by atoms with E-state index in [1.807, 2.05) is 27.7 Å². The predicted molar refractivity (Wildman–Crippen MR) is 68.0 cm³/mol. The Morgan fingerprint density at radius 2 is 2.00 bits per heavy atom. The molecule has 0 spiro atoms. The lowest BCUT2D eigenvalue weighted by atomic mass is 10.4. The fourth-order valence-electron chi connectivity index (χ4n) is 1.39. The number of nitrogens with zero attached hydrogens (tertiary/aromatic N) is 2. The highest BCUT2D eigenvalue weighted by molar-refractivity contribution is 7.15. The zero-order valence-corrected chi connectivity index (χ0v) is 11.1. The van der Waals surface area contributed by atoms with Crippen LogP contribution in [0.3, 0.4) is 0 Å². The van der Waals surface area contributed by atoms with E-state index < -0.39 is 0 Å². The Hall–Kier alpha value is -1.10. The SMILES string of the molecule is CCN(CC)C(=O)CNc1nc(C)c(C)s1. The number of rotatable bonds is 5. The number of carbonyl (C=O) groups is 1. The molecule has 0 fully saturated rings. The number of nitrogens with one attached hydrogen (secondary N) is 1. The summed E-state index contributed by atoms with van der Waals surface area (Å²) in [6, 6.07) is 0. The van der Waals surface area contributed by atoms with E-state index in [4.69, 9.17) is 0 Å². The third kappa shape index (κ3) is 3.20. The Kier molecular flexibility index (Phi) is 4.73. The van der Waals surface area contributed by atoms with E-state index in [0.29, 0.717) is 6.54 Å². The van der Waals surface area contributed by atoms with Crippen molar-refractivity contribution in [2.24, 2.45) is 0 Å². The van der Waals surface area contributed by atoms with Crippen molar-refractivity contribution in [3.63, 3.8) is 0 Å². The number of amides is 1. The molecule has 0 bridgehead atoms. The molecular formula is C11H19N3OS. The summed E-state index contributed by atoms with van der Waals surface area (Å²) >= 11 is 1.59. The molecule has 1 amide bonds. The van der Waals surface area contributed by atoms with Gasteiger partial charge in [0.1, 0.15) is 0 Å². The zero-order chi connectivity index (χ0) is 12.1. The second-order valence-corrected chi connectivity index (χ2v) is 4.78. The van der Waals surface area contributed by atoms with Gasteiger partial charge in [0.2, 0.25) is 5.91 Å². The molecule has 1 aromatic heterocycles. The number of anilines is 1. The van der Waals surface area contributed by atoms with Gasteiger partial charge in [-0.3, -0.25) is 4.79 Å². The van der Waals surface area contributed by atoms with Crippen molar-refractivity contribution in [2.75, 3.05) is 25.0 Å². The molecule has 1 rings (SSSR count). The average Bonchev–Trinajstić information content (AvgIpc) is 2.57. The van der Waals surface area contributed by atoms with E-state index in [0.717, 1.165) is 23.9 Å². The highest BCUT2D eigenvalue weighted by Crippen LogP contribution is 2.20. The molecule has 4 nitrogen and oxygen atoms in total. The monoisotopic (exact) mass is 241 g/mol. The number of aryl methyl sites for hydroxylation is 2. The first-order valence-corrected chi connectivity index (χ1v) is 6.35. The molecule has 16 heavy (non-hydrogen) atoms. The van der Waals surface area contributed by atoms with Gasteiger partial charge in [-0.15, -0.1) is 11.3 Å². The fraction of sp³-hybridized carbons (Fsp3) is 0.636. The van der Waals surface area contributed by atoms with Crippen LogP contribution < -0.4 is 5.32 Å². The summed E-state index contributed by atoms with van der Waals surface area (Å²) in [5, 5.41) is 3.90. The topological polar surface area (TPSA) is 45.2 Å². The van der Waals surface area contributed by atoms with Crippen LogP contribution in [-0.2, 0) is 4.79 Å². The van der Waals surface area contributed by atoms with Crippen molar-refractivity contribution >= 4 is 22.4 Å². The molecule has 0 aliphatic carbocycles. The molecule has 0 radical (unpaired) electrons. The minimum absolute atomic E-state index is 0.121. The number of likely N-dealkylation sites (N-methyl/N-ethyl adjacent to an activating group) is 1. The molecule has 0 atom stereocenters. The van der Waals surface area contributed by atoms with Crippen molar-refractivity contribution in [1.29, 1.82) is 0 Å². The van der Waals surface area contributed by atoms with E-state index >= 15 is 0 Å². The van der Waals surface area contributed by atoms with Crippen molar-refractivity contribution in [2.45, 2.75) is 27.7 Å². The first-order chi connectivity index (χ1) is 7.58. The smallest absolute Gasteiger partial charge is 0.241 e. The van der Waals surface area contributed by atoms with Gasteiger partial charge in [-0.05, 0) is 27.7 Å². The van der Waals surface area contributed by atoms with E-state index in [1.165, 1.54) is 4.88 Å². The molecule has 0 saturated carbocycles. The molecule has 90 valence electrons. The lowest BCUT2D eigenvalue weighted by Gasteiger charge is -2.18. The van der Waals surface area contributed by atoms with Crippen molar-refractivity contribution in [3.8, 4) is 0 Å². The molecule has 1 heterocycles. The number of aromatic nitrogens is 1. The van der Waals surface area contributed by atoms with E-state index in [9.17, 15) is 4.79 Å². The van der Waals surface area contributed by atoms with Crippen LogP contribution in [0.5, 0.6) is 0 Å². The van der Waals surface area contributed by atoms with Gasteiger partial charge in [0.05, 0.1) is 12.2 Å². The summed E-state index contributed by atoms with van der Waals surface area (Å²) in [4.78, 5) is 19.0. The summed E-state index contributed by atoms with van der Waals surface area (Å²) in [7, 11) is 0. The molecule has 5 heteroatoms. The third-order valence-electron chi connectivity index (χ3n) is 2.54. The maximum Gasteiger partial charge on any atom is 0.241 e. The lowest BCUT2D eigenvalue weighted by molar-refractivity contribution is -0.128. The molecule has 0 aliphatic rings. The van der Waals surface area contributed by atoms with E-state index in [2.05, 4.69) is 10.3 Å². The second-order valence-electron chi connectivity index (χ2n) is 3.58. The Morgan fingerprint density at radius 1 is 1.38 bits per heavy atom.